The second-order valence-corrected chi connectivity index (χ2v) is 4.18. The molecule has 2 aromatic rings. The van der Waals surface area contributed by atoms with E-state index in [-0.39, 0.29) is 0 Å². The first-order chi connectivity index (χ1) is 8.22. The van der Waals surface area contributed by atoms with Crippen LogP contribution in [0.15, 0.2) is 24.5 Å². The van der Waals surface area contributed by atoms with E-state index < -0.39 is 0 Å². The van der Waals surface area contributed by atoms with Gasteiger partial charge >= 0.3 is 0 Å². The van der Waals surface area contributed by atoms with Gasteiger partial charge in [0, 0.05) is 12.4 Å². The molecule has 0 amide bonds. The average Bonchev–Trinajstić information content (AvgIpc) is 2.74. The summed E-state index contributed by atoms with van der Waals surface area (Å²) in [5.41, 5.74) is 1.86. The largest absolute Gasteiger partial charge is 0.489 e. The van der Waals surface area contributed by atoms with Crippen LogP contribution in [0, 0.1) is 11.3 Å². The molecular formula is C13H15N3O. The lowest BCUT2D eigenvalue weighted by molar-refractivity contribution is 0.328. The van der Waals surface area contributed by atoms with Crippen LogP contribution in [0.5, 0.6) is 5.75 Å². The number of hydrogen-bond acceptors (Lipinski definition) is 3. The summed E-state index contributed by atoms with van der Waals surface area (Å²) in [6, 6.07) is 5.85. The van der Waals surface area contributed by atoms with Gasteiger partial charge in [0.1, 0.15) is 6.61 Å². The van der Waals surface area contributed by atoms with Crippen molar-refractivity contribution in [3.05, 3.63) is 30.2 Å². The van der Waals surface area contributed by atoms with Crippen molar-refractivity contribution in [1.29, 1.82) is 5.26 Å². The quantitative estimate of drug-likeness (QED) is 0.757. The molecule has 0 aromatic carbocycles. The van der Waals surface area contributed by atoms with Gasteiger partial charge in [0.05, 0.1) is 18.2 Å². The van der Waals surface area contributed by atoms with Gasteiger partial charge in [0.2, 0.25) is 0 Å². The first-order valence-electron chi connectivity index (χ1n) is 5.69. The Kier molecular flexibility index (Phi) is 3.29. The number of pyridine rings is 1. The summed E-state index contributed by atoms with van der Waals surface area (Å²) in [7, 11) is 0. The number of ether oxygens (including phenoxy) is 1. The minimum atomic E-state index is 0.388. The number of aromatic nitrogens is 2. The monoisotopic (exact) mass is 229 g/mol. The van der Waals surface area contributed by atoms with E-state index in [0.29, 0.717) is 18.9 Å². The Morgan fingerprint density at radius 3 is 3.06 bits per heavy atom. The third-order valence-corrected chi connectivity index (χ3v) is 2.53. The molecule has 17 heavy (non-hydrogen) atoms. The molecule has 0 fully saturated rings. The van der Waals surface area contributed by atoms with E-state index in [2.05, 4.69) is 24.9 Å². The maximum absolute atomic E-state index is 8.48. The molecule has 0 atom stereocenters. The van der Waals surface area contributed by atoms with Gasteiger partial charge in [-0.25, -0.2) is 4.98 Å². The zero-order valence-corrected chi connectivity index (χ0v) is 10.1. The molecule has 0 N–H and O–H groups in total. The molecule has 2 heterocycles. The van der Waals surface area contributed by atoms with Crippen LogP contribution in [-0.2, 0) is 0 Å². The summed E-state index contributed by atoms with van der Waals surface area (Å²) in [6.07, 6.45) is 4.35. The van der Waals surface area contributed by atoms with Crippen LogP contribution in [0.2, 0.25) is 0 Å². The van der Waals surface area contributed by atoms with Crippen molar-refractivity contribution in [2.24, 2.45) is 0 Å². The highest BCUT2D eigenvalue weighted by atomic mass is 16.5. The normalized spacial score (nSPS) is 10.7. The molecule has 0 aliphatic heterocycles. The number of fused-ring (bicyclic) bond motifs is 1. The van der Waals surface area contributed by atoms with Crippen LogP contribution in [0.4, 0.5) is 0 Å². The molecule has 2 rings (SSSR count). The van der Waals surface area contributed by atoms with Gasteiger partial charge < -0.3 is 9.14 Å². The van der Waals surface area contributed by atoms with Crippen molar-refractivity contribution >= 4 is 5.65 Å². The highest BCUT2D eigenvalue weighted by Gasteiger charge is 2.09. The highest BCUT2D eigenvalue weighted by Crippen LogP contribution is 2.22. The smallest absolute Gasteiger partial charge is 0.179 e. The maximum atomic E-state index is 8.48. The lowest BCUT2D eigenvalue weighted by Crippen LogP contribution is -1.98. The standard InChI is InChI=1S/C13H15N3O/c1-10(2)11-9-16-7-3-5-12(13(16)15-11)17-8-4-6-14/h3,5,7,9-10H,4,8H2,1-2H3. The molecule has 0 unspecified atom stereocenters. The molecule has 4 nitrogen and oxygen atoms in total. The second-order valence-electron chi connectivity index (χ2n) is 4.18. The van der Waals surface area contributed by atoms with Gasteiger partial charge in [-0.3, -0.25) is 0 Å². The molecule has 0 saturated heterocycles. The third kappa shape index (κ3) is 2.39. The van der Waals surface area contributed by atoms with Crippen LogP contribution in [0.25, 0.3) is 5.65 Å². The summed E-state index contributed by atoms with van der Waals surface area (Å²) < 4.78 is 7.50. The molecule has 0 aliphatic rings. The first kappa shape index (κ1) is 11.5. The van der Waals surface area contributed by atoms with E-state index in [1.807, 2.05) is 28.9 Å². The van der Waals surface area contributed by atoms with Crippen molar-refractivity contribution in [3.63, 3.8) is 0 Å². The fourth-order valence-electron chi connectivity index (χ4n) is 1.60. The third-order valence-electron chi connectivity index (χ3n) is 2.53. The Bertz CT molecular complexity index is 551. The SMILES string of the molecule is CC(C)c1cn2cccc(OCCC#N)c2n1. The molecule has 2 aromatic heterocycles. The number of hydrogen-bond donors (Lipinski definition) is 0. The Morgan fingerprint density at radius 1 is 1.53 bits per heavy atom. The van der Waals surface area contributed by atoms with Crippen molar-refractivity contribution in [1.82, 2.24) is 9.38 Å². The lowest BCUT2D eigenvalue weighted by atomic mass is 10.2. The number of nitriles is 1. The van der Waals surface area contributed by atoms with Crippen LogP contribution >= 0.6 is 0 Å². The number of rotatable bonds is 4. The zero-order valence-electron chi connectivity index (χ0n) is 10.1. The number of imidazole rings is 1. The van der Waals surface area contributed by atoms with Crippen LogP contribution in [-0.4, -0.2) is 16.0 Å². The summed E-state index contributed by atoms with van der Waals surface area (Å²) in [5, 5.41) is 8.48. The van der Waals surface area contributed by atoms with Crippen molar-refractivity contribution in [2.75, 3.05) is 6.61 Å². The molecule has 0 saturated carbocycles. The van der Waals surface area contributed by atoms with Gasteiger partial charge in [-0.1, -0.05) is 13.8 Å². The van der Waals surface area contributed by atoms with E-state index in [4.69, 9.17) is 10.00 Å². The van der Waals surface area contributed by atoms with Crippen molar-refractivity contribution in [3.8, 4) is 11.8 Å². The fraction of sp³-hybridized carbons (Fsp3) is 0.385. The summed E-state index contributed by atoms with van der Waals surface area (Å²) in [4.78, 5) is 4.55. The molecule has 0 spiro atoms. The van der Waals surface area contributed by atoms with E-state index in [1.165, 1.54) is 0 Å². The van der Waals surface area contributed by atoms with Crippen LogP contribution in [0.1, 0.15) is 31.9 Å². The van der Waals surface area contributed by atoms with Gasteiger partial charge in [-0.05, 0) is 18.1 Å². The summed E-state index contributed by atoms with van der Waals surface area (Å²) in [5.74, 6) is 1.12. The Hall–Kier alpha value is -2.02. The van der Waals surface area contributed by atoms with Gasteiger partial charge in [0.25, 0.3) is 0 Å². The minimum Gasteiger partial charge on any atom is -0.489 e. The van der Waals surface area contributed by atoms with E-state index >= 15 is 0 Å². The fourth-order valence-corrected chi connectivity index (χ4v) is 1.60. The molecule has 0 bridgehead atoms. The van der Waals surface area contributed by atoms with E-state index in [0.717, 1.165) is 17.1 Å². The Labute approximate surface area is 100 Å². The predicted octanol–water partition coefficient (Wildman–Crippen LogP) is 2.75. The lowest BCUT2D eigenvalue weighted by Gasteiger charge is -2.04. The molecule has 0 radical (unpaired) electrons. The van der Waals surface area contributed by atoms with Crippen molar-refractivity contribution < 1.29 is 4.74 Å². The topological polar surface area (TPSA) is 50.3 Å². The highest BCUT2D eigenvalue weighted by molar-refractivity contribution is 5.54. The number of nitrogens with zero attached hydrogens (tertiary/aromatic N) is 3. The van der Waals surface area contributed by atoms with Gasteiger partial charge in [-0.2, -0.15) is 5.26 Å². The molecule has 0 aliphatic carbocycles. The molecule has 88 valence electrons. The van der Waals surface area contributed by atoms with Crippen LogP contribution in [0.3, 0.4) is 0 Å². The summed E-state index contributed by atoms with van der Waals surface area (Å²) in [6.45, 7) is 4.62. The summed E-state index contributed by atoms with van der Waals surface area (Å²) >= 11 is 0. The predicted molar refractivity (Wildman–Crippen MR) is 65.0 cm³/mol. The Morgan fingerprint density at radius 2 is 2.35 bits per heavy atom. The zero-order chi connectivity index (χ0) is 12.3. The van der Waals surface area contributed by atoms with Crippen molar-refractivity contribution in [2.45, 2.75) is 26.2 Å². The first-order valence-corrected chi connectivity index (χ1v) is 5.69. The van der Waals surface area contributed by atoms with E-state index in [9.17, 15) is 0 Å². The minimum absolute atomic E-state index is 0.388. The average molecular weight is 229 g/mol. The molecular weight excluding hydrogens is 214 g/mol. The van der Waals surface area contributed by atoms with Crippen LogP contribution < -0.4 is 4.74 Å². The van der Waals surface area contributed by atoms with Gasteiger partial charge in [-0.15, -0.1) is 0 Å². The van der Waals surface area contributed by atoms with E-state index in [1.54, 1.807) is 0 Å². The maximum Gasteiger partial charge on any atom is 0.179 e. The van der Waals surface area contributed by atoms with Gasteiger partial charge in [0.15, 0.2) is 11.4 Å². The second kappa shape index (κ2) is 4.88. The molecule has 4 heteroatoms. The Balaban J connectivity index is 2.32.